The van der Waals surface area contributed by atoms with E-state index in [1.54, 1.807) is 17.8 Å². The predicted octanol–water partition coefficient (Wildman–Crippen LogP) is 2.08. The second kappa shape index (κ2) is 5.39. The highest BCUT2D eigenvalue weighted by Gasteiger charge is 2.36. The first kappa shape index (κ1) is 15.6. The Morgan fingerprint density at radius 1 is 1.30 bits per heavy atom. The number of carbonyl (C=O) groups is 1. The Labute approximate surface area is 130 Å². The number of amides is 1. The highest BCUT2D eigenvalue weighted by Crippen LogP contribution is 2.29. The van der Waals surface area contributed by atoms with Crippen LogP contribution >= 0.6 is 0 Å². The van der Waals surface area contributed by atoms with Gasteiger partial charge in [-0.15, -0.1) is 0 Å². The number of halogens is 3. The zero-order chi connectivity index (χ0) is 16.8. The molecule has 0 spiro atoms. The first-order valence-electron chi connectivity index (χ1n) is 7.26. The van der Waals surface area contributed by atoms with Crippen molar-refractivity contribution in [3.05, 3.63) is 35.2 Å². The monoisotopic (exact) mass is 327 g/mol. The molecule has 0 saturated carbocycles. The third kappa shape index (κ3) is 2.82. The number of hydrogen-bond donors (Lipinski definition) is 0. The fourth-order valence-electron chi connectivity index (χ4n) is 2.62. The maximum Gasteiger partial charge on any atom is 0.434 e. The molecule has 0 radical (unpaired) electrons. The molecular weight excluding hydrogens is 311 g/mol. The first-order chi connectivity index (χ1) is 10.8. The van der Waals surface area contributed by atoms with Crippen LogP contribution in [0.4, 0.5) is 13.2 Å². The third-order valence-electron chi connectivity index (χ3n) is 3.88. The van der Waals surface area contributed by atoms with Gasteiger partial charge in [-0.3, -0.25) is 9.48 Å². The Morgan fingerprint density at radius 3 is 2.65 bits per heavy atom. The average molecular weight is 327 g/mol. The molecular formula is C14H16F3N5O. The van der Waals surface area contributed by atoms with Crippen LogP contribution in [-0.4, -0.2) is 36.7 Å². The molecule has 0 fully saturated rings. The number of nitrogens with zero attached hydrogens (tertiary/aromatic N) is 5. The first-order valence-corrected chi connectivity index (χ1v) is 7.26. The minimum atomic E-state index is -4.47. The van der Waals surface area contributed by atoms with Crippen molar-refractivity contribution >= 4 is 5.91 Å². The molecule has 1 amide bonds. The van der Waals surface area contributed by atoms with Gasteiger partial charge < -0.3 is 9.47 Å². The SMILES string of the molecule is CCn1cc(C(=O)N2CCn3cc(C(F)(F)F)nc3C2)c(C)n1. The maximum absolute atomic E-state index is 12.7. The molecule has 1 aliphatic heterocycles. The molecule has 0 bridgehead atoms. The quantitative estimate of drug-likeness (QED) is 0.849. The zero-order valence-electron chi connectivity index (χ0n) is 12.8. The van der Waals surface area contributed by atoms with Crippen LogP contribution in [0.1, 0.15) is 34.5 Å². The highest BCUT2D eigenvalue weighted by atomic mass is 19.4. The number of carbonyl (C=O) groups excluding carboxylic acids is 1. The summed E-state index contributed by atoms with van der Waals surface area (Å²) in [5.74, 6) is 0.0162. The summed E-state index contributed by atoms with van der Waals surface area (Å²) < 4.78 is 41.3. The lowest BCUT2D eigenvalue weighted by atomic mass is 10.2. The highest BCUT2D eigenvalue weighted by molar-refractivity contribution is 5.95. The van der Waals surface area contributed by atoms with Crippen molar-refractivity contribution in [3.8, 4) is 0 Å². The minimum absolute atomic E-state index is 0.0612. The van der Waals surface area contributed by atoms with E-state index in [-0.39, 0.29) is 18.3 Å². The van der Waals surface area contributed by atoms with E-state index in [1.807, 2.05) is 6.92 Å². The van der Waals surface area contributed by atoms with Crippen molar-refractivity contribution in [3.63, 3.8) is 0 Å². The van der Waals surface area contributed by atoms with Gasteiger partial charge in [-0.05, 0) is 13.8 Å². The lowest BCUT2D eigenvalue weighted by Crippen LogP contribution is -2.38. The maximum atomic E-state index is 12.7. The van der Waals surface area contributed by atoms with Crippen LogP contribution in [0.5, 0.6) is 0 Å². The van der Waals surface area contributed by atoms with Gasteiger partial charge in [0.05, 0.1) is 17.8 Å². The van der Waals surface area contributed by atoms with Gasteiger partial charge in [0.2, 0.25) is 0 Å². The van der Waals surface area contributed by atoms with Crippen molar-refractivity contribution < 1.29 is 18.0 Å². The molecule has 0 aliphatic carbocycles. The molecule has 0 unspecified atom stereocenters. The second-order valence-corrected chi connectivity index (χ2v) is 5.44. The molecule has 2 aromatic rings. The molecule has 6 nitrogen and oxygen atoms in total. The van der Waals surface area contributed by atoms with Gasteiger partial charge in [0.25, 0.3) is 5.91 Å². The van der Waals surface area contributed by atoms with E-state index >= 15 is 0 Å². The number of aryl methyl sites for hydroxylation is 2. The summed E-state index contributed by atoms with van der Waals surface area (Å²) in [5, 5.41) is 4.23. The Morgan fingerprint density at radius 2 is 2.04 bits per heavy atom. The molecule has 124 valence electrons. The summed E-state index contributed by atoms with van der Waals surface area (Å²) in [4.78, 5) is 17.7. The van der Waals surface area contributed by atoms with Crippen LogP contribution < -0.4 is 0 Å². The Kier molecular flexibility index (Phi) is 3.65. The molecule has 9 heteroatoms. The normalized spacial score (nSPS) is 14.9. The topological polar surface area (TPSA) is 56.0 Å². The molecule has 0 aromatic carbocycles. The molecule has 0 saturated heterocycles. The number of fused-ring (bicyclic) bond motifs is 1. The van der Waals surface area contributed by atoms with Crippen molar-refractivity contribution in [2.45, 2.75) is 39.7 Å². The van der Waals surface area contributed by atoms with E-state index in [9.17, 15) is 18.0 Å². The number of alkyl halides is 3. The standard InChI is InChI=1S/C14H16F3N5O/c1-3-22-6-10(9(2)19-22)13(23)21-5-4-20-7-11(14(15,16)17)18-12(20)8-21/h6-7H,3-5,8H2,1-2H3. The minimum Gasteiger partial charge on any atom is -0.331 e. The van der Waals surface area contributed by atoms with Gasteiger partial charge in [0.15, 0.2) is 5.69 Å². The van der Waals surface area contributed by atoms with Gasteiger partial charge in [-0.1, -0.05) is 0 Å². The van der Waals surface area contributed by atoms with Crippen LogP contribution in [0.15, 0.2) is 12.4 Å². The van der Waals surface area contributed by atoms with Gasteiger partial charge in [0, 0.05) is 32.0 Å². The van der Waals surface area contributed by atoms with E-state index in [0.29, 0.717) is 30.9 Å². The second-order valence-electron chi connectivity index (χ2n) is 5.44. The van der Waals surface area contributed by atoms with E-state index in [1.165, 1.54) is 9.47 Å². The summed E-state index contributed by atoms with van der Waals surface area (Å²) in [7, 11) is 0. The molecule has 0 atom stereocenters. The number of aromatic nitrogens is 4. The predicted molar refractivity (Wildman–Crippen MR) is 74.6 cm³/mol. The summed E-state index contributed by atoms with van der Waals surface area (Å²) in [6.45, 7) is 5.00. The number of hydrogen-bond acceptors (Lipinski definition) is 3. The van der Waals surface area contributed by atoms with Crippen molar-refractivity contribution in [2.24, 2.45) is 0 Å². The summed E-state index contributed by atoms with van der Waals surface area (Å²) in [6, 6.07) is 0. The van der Waals surface area contributed by atoms with Crippen molar-refractivity contribution in [1.82, 2.24) is 24.2 Å². The third-order valence-corrected chi connectivity index (χ3v) is 3.88. The van der Waals surface area contributed by atoms with Crippen molar-refractivity contribution in [1.29, 1.82) is 0 Å². The fraction of sp³-hybridized carbons (Fsp3) is 0.500. The zero-order valence-corrected chi connectivity index (χ0v) is 12.8. The molecule has 1 aliphatic rings. The Balaban J connectivity index is 1.82. The van der Waals surface area contributed by atoms with E-state index < -0.39 is 11.9 Å². The average Bonchev–Trinajstić information content (AvgIpc) is 3.08. The summed E-state index contributed by atoms with van der Waals surface area (Å²) in [6.07, 6.45) is -1.81. The lowest BCUT2D eigenvalue weighted by molar-refractivity contribution is -0.141. The van der Waals surface area contributed by atoms with E-state index in [4.69, 9.17) is 0 Å². The number of rotatable bonds is 2. The van der Waals surface area contributed by atoms with Gasteiger partial charge in [0.1, 0.15) is 5.82 Å². The van der Waals surface area contributed by atoms with Crippen molar-refractivity contribution in [2.75, 3.05) is 6.54 Å². The van der Waals surface area contributed by atoms with Gasteiger partial charge >= 0.3 is 6.18 Å². The number of imidazole rings is 1. The van der Waals surface area contributed by atoms with E-state index in [0.717, 1.165) is 6.20 Å². The van der Waals surface area contributed by atoms with Crippen LogP contribution in [-0.2, 0) is 25.8 Å². The van der Waals surface area contributed by atoms with Crippen LogP contribution in [0.25, 0.3) is 0 Å². The van der Waals surface area contributed by atoms with Crippen LogP contribution in [0.3, 0.4) is 0 Å². The van der Waals surface area contributed by atoms with Gasteiger partial charge in [-0.2, -0.15) is 18.3 Å². The lowest BCUT2D eigenvalue weighted by Gasteiger charge is -2.27. The Hall–Kier alpha value is -2.32. The molecule has 3 rings (SSSR count). The molecule has 0 N–H and O–H groups in total. The summed E-state index contributed by atoms with van der Waals surface area (Å²) >= 11 is 0. The van der Waals surface area contributed by atoms with Crippen LogP contribution in [0.2, 0.25) is 0 Å². The summed E-state index contributed by atoms with van der Waals surface area (Å²) in [5.41, 5.74) is 0.168. The largest absolute Gasteiger partial charge is 0.434 e. The van der Waals surface area contributed by atoms with Gasteiger partial charge in [-0.25, -0.2) is 4.98 Å². The fourth-order valence-corrected chi connectivity index (χ4v) is 2.62. The molecule has 2 aromatic heterocycles. The van der Waals surface area contributed by atoms with E-state index in [2.05, 4.69) is 10.1 Å². The molecule has 3 heterocycles. The van der Waals surface area contributed by atoms with Crippen LogP contribution in [0, 0.1) is 6.92 Å². The smallest absolute Gasteiger partial charge is 0.331 e. The molecule has 23 heavy (non-hydrogen) atoms. The Bertz CT molecular complexity index is 746.